The van der Waals surface area contributed by atoms with Crippen molar-refractivity contribution in [2.45, 2.75) is 11.3 Å². The van der Waals surface area contributed by atoms with E-state index in [9.17, 15) is 8.42 Å². The normalized spacial score (nSPS) is 16.1. The molecule has 0 atom stereocenters. The summed E-state index contributed by atoms with van der Waals surface area (Å²) < 4.78 is 27.3. The third-order valence-corrected chi connectivity index (χ3v) is 6.39. The summed E-state index contributed by atoms with van der Waals surface area (Å²) in [6.07, 6.45) is 0.671. The number of rotatable bonds is 2. The van der Waals surface area contributed by atoms with Gasteiger partial charge in [-0.3, -0.25) is 0 Å². The Morgan fingerprint density at radius 3 is 2.50 bits per heavy atom. The van der Waals surface area contributed by atoms with E-state index in [0.717, 1.165) is 27.7 Å². The summed E-state index contributed by atoms with van der Waals surface area (Å²) in [7, 11) is -3.51. The lowest BCUT2D eigenvalue weighted by Gasteiger charge is -2.20. The predicted octanol–water partition coefficient (Wildman–Crippen LogP) is 3.43. The summed E-state index contributed by atoms with van der Waals surface area (Å²) in [4.78, 5) is 3.72. The molecule has 1 aromatic heterocycles. The van der Waals surface area contributed by atoms with Crippen molar-refractivity contribution in [3.8, 4) is 0 Å². The molecular formula is C19H18N2O2S. The molecule has 4 nitrogen and oxygen atoms in total. The largest absolute Gasteiger partial charge is 0.355 e. The lowest BCUT2D eigenvalue weighted by atomic mass is 10.1. The van der Waals surface area contributed by atoms with E-state index in [0.29, 0.717) is 24.4 Å². The van der Waals surface area contributed by atoms with Gasteiger partial charge >= 0.3 is 0 Å². The fraction of sp³-hybridized carbons (Fsp3) is 0.158. The molecule has 0 bridgehead atoms. The van der Waals surface area contributed by atoms with E-state index in [1.807, 2.05) is 24.3 Å². The first kappa shape index (κ1) is 15.2. The van der Waals surface area contributed by atoms with Crippen molar-refractivity contribution in [3.05, 3.63) is 72.4 Å². The topological polar surface area (TPSA) is 53.2 Å². The van der Waals surface area contributed by atoms with Crippen molar-refractivity contribution in [3.63, 3.8) is 0 Å². The highest BCUT2D eigenvalue weighted by Crippen LogP contribution is 2.31. The van der Waals surface area contributed by atoms with Crippen molar-refractivity contribution >= 4 is 26.5 Å². The molecule has 0 saturated heterocycles. The standard InChI is InChI=1S/C19H18N2O2S/c1-14-13-21(24(22,23)15-7-3-2-4-8-15)12-11-17-16-9-5-6-10-18(16)20-19(14)17/h2-10,20H,1,11-13H2. The lowest BCUT2D eigenvalue weighted by molar-refractivity contribution is 0.454. The van der Waals surface area contributed by atoms with E-state index in [1.54, 1.807) is 24.3 Å². The van der Waals surface area contributed by atoms with Crippen molar-refractivity contribution in [2.75, 3.05) is 13.1 Å². The van der Waals surface area contributed by atoms with E-state index in [4.69, 9.17) is 0 Å². The smallest absolute Gasteiger partial charge is 0.243 e. The lowest BCUT2D eigenvalue weighted by Crippen LogP contribution is -2.33. The highest BCUT2D eigenvalue weighted by atomic mass is 32.2. The van der Waals surface area contributed by atoms with Gasteiger partial charge in [0, 0.05) is 29.7 Å². The van der Waals surface area contributed by atoms with E-state index in [1.165, 1.54) is 4.31 Å². The Labute approximate surface area is 141 Å². The van der Waals surface area contributed by atoms with Crippen LogP contribution in [0.1, 0.15) is 11.3 Å². The second-order valence-corrected chi connectivity index (χ2v) is 7.97. The molecule has 0 unspecified atom stereocenters. The van der Waals surface area contributed by atoms with Gasteiger partial charge in [0.1, 0.15) is 0 Å². The number of sulfonamides is 1. The van der Waals surface area contributed by atoms with Crippen LogP contribution in [0.3, 0.4) is 0 Å². The highest BCUT2D eigenvalue weighted by molar-refractivity contribution is 7.89. The van der Waals surface area contributed by atoms with Crippen LogP contribution in [0.4, 0.5) is 0 Å². The molecule has 4 rings (SSSR count). The molecule has 122 valence electrons. The minimum atomic E-state index is -3.51. The molecule has 3 aromatic rings. The van der Waals surface area contributed by atoms with Crippen LogP contribution in [-0.2, 0) is 16.4 Å². The molecule has 2 heterocycles. The van der Waals surface area contributed by atoms with E-state index in [-0.39, 0.29) is 0 Å². The highest BCUT2D eigenvalue weighted by Gasteiger charge is 2.29. The molecule has 1 N–H and O–H groups in total. The van der Waals surface area contributed by atoms with Gasteiger partial charge in [-0.1, -0.05) is 43.0 Å². The van der Waals surface area contributed by atoms with Crippen molar-refractivity contribution in [1.29, 1.82) is 0 Å². The van der Waals surface area contributed by atoms with Crippen LogP contribution in [0.5, 0.6) is 0 Å². The Kier molecular flexibility index (Phi) is 3.55. The maximum absolute atomic E-state index is 12.9. The number of hydrogen-bond donors (Lipinski definition) is 1. The zero-order valence-electron chi connectivity index (χ0n) is 13.2. The van der Waals surface area contributed by atoms with Gasteiger partial charge in [0.25, 0.3) is 0 Å². The SMILES string of the molecule is C=C1CN(S(=O)(=O)c2ccccc2)CCc2c1[nH]c1ccccc21. The minimum Gasteiger partial charge on any atom is -0.355 e. The number of aromatic nitrogens is 1. The van der Waals surface area contributed by atoms with E-state index >= 15 is 0 Å². The molecule has 0 amide bonds. The molecular weight excluding hydrogens is 320 g/mol. The van der Waals surface area contributed by atoms with Crippen LogP contribution in [-0.4, -0.2) is 30.8 Å². The molecule has 2 aromatic carbocycles. The second-order valence-electron chi connectivity index (χ2n) is 6.03. The molecule has 0 saturated carbocycles. The fourth-order valence-corrected chi connectivity index (χ4v) is 4.77. The minimum absolute atomic E-state index is 0.303. The fourth-order valence-electron chi connectivity index (χ4n) is 3.32. The van der Waals surface area contributed by atoms with E-state index < -0.39 is 10.0 Å². The molecule has 24 heavy (non-hydrogen) atoms. The second kappa shape index (κ2) is 5.61. The zero-order valence-corrected chi connectivity index (χ0v) is 14.0. The van der Waals surface area contributed by atoms with Crippen LogP contribution in [0.15, 0.2) is 66.1 Å². The monoisotopic (exact) mass is 338 g/mol. The van der Waals surface area contributed by atoms with E-state index in [2.05, 4.69) is 17.6 Å². The maximum atomic E-state index is 12.9. The average molecular weight is 338 g/mol. The first-order valence-corrected chi connectivity index (χ1v) is 9.34. The number of benzene rings is 2. The summed E-state index contributed by atoms with van der Waals surface area (Å²) in [5, 5.41) is 1.15. The third-order valence-electron chi connectivity index (χ3n) is 4.53. The molecule has 0 aliphatic carbocycles. The number of nitrogens with one attached hydrogen (secondary N) is 1. The summed E-state index contributed by atoms with van der Waals surface area (Å²) in [5.74, 6) is 0. The number of nitrogens with zero attached hydrogens (tertiary/aromatic N) is 1. The molecule has 1 aliphatic heterocycles. The van der Waals surface area contributed by atoms with Crippen molar-refractivity contribution in [1.82, 2.24) is 9.29 Å². The van der Waals surface area contributed by atoms with Gasteiger partial charge in [0.05, 0.1) is 4.90 Å². The third kappa shape index (κ3) is 2.37. The van der Waals surface area contributed by atoms with Gasteiger partial charge < -0.3 is 4.98 Å². The first-order chi connectivity index (χ1) is 11.6. The van der Waals surface area contributed by atoms with Gasteiger partial charge in [-0.25, -0.2) is 8.42 Å². The summed E-state index contributed by atoms with van der Waals surface area (Å²) in [6, 6.07) is 16.7. The summed E-state index contributed by atoms with van der Waals surface area (Å²) in [5.41, 5.74) is 4.00. The van der Waals surface area contributed by atoms with Gasteiger partial charge in [-0.05, 0) is 35.8 Å². The van der Waals surface area contributed by atoms with Crippen LogP contribution in [0.25, 0.3) is 16.5 Å². The molecule has 0 spiro atoms. The number of hydrogen-bond acceptors (Lipinski definition) is 2. The zero-order chi connectivity index (χ0) is 16.7. The molecule has 0 radical (unpaired) electrons. The van der Waals surface area contributed by atoms with Gasteiger partial charge in [-0.15, -0.1) is 0 Å². The Hall–Kier alpha value is -2.37. The Bertz CT molecular complexity index is 1020. The molecule has 0 fully saturated rings. The molecule has 1 aliphatic rings. The Balaban J connectivity index is 1.73. The quantitative estimate of drug-likeness (QED) is 0.778. The van der Waals surface area contributed by atoms with Crippen LogP contribution in [0.2, 0.25) is 0 Å². The maximum Gasteiger partial charge on any atom is 0.243 e. The number of fused-ring (bicyclic) bond motifs is 3. The van der Waals surface area contributed by atoms with Crippen molar-refractivity contribution < 1.29 is 8.42 Å². The number of H-pyrrole nitrogens is 1. The molecule has 5 heteroatoms. The van der Waals surface area contributed by atoms with Gasteiger partial charge in [-0.2, -0.15) is 4.31 Å². The van der Waals surface area contributed by atoms with Gasteiger partial charge in [0.15, 0.2) is 0 Å². The van der Waals surface area contributed by atoms with Crippen LogP contribution >= 0.6 is 0 Å². The number of para-hydroxylation sites is 1. The summed E-state index contributed by atoms with van der Waals surface area (Å²) in [6.45, 7) is 4.88. The van der Waals surface area contributed by atoms with Crippen LogP contribution in [0, 0.1) is 0 Å². The van der Waals surface area contributed by atoms with Crippen LogP contribution < -0.4 is 0 Å². The number of aromatic amines is 1. The van der Waals surface area contributed by atoms with Crippen molar-refractivity contribution in [2.24, 2.45) is 0 Å². The average Bonchev–Trinajstić information content (AvgIpc) is 2.89. The Morgan fingerprint density at radius 1 is 1.00 bits per heavy atom. The Morgan fingerprint density at radius 2 is 1.71 bits per heavy atom. The summed E-state index contributed by atoms with van der Waals surface area (Å²) >= 11 is 0. The van der Waals surface area contributed by atoms with Gasteiger partial charge in [0.2, 0.25) is 10.0 Å². The predicted molar refractivity (Wildman–Crippen MR) is 96.2 cm³/mol. The first-order valence-electron chi connectivity index (χ1n) is 7.90.